The number of hydrogen-bond acceptors (Lipinski definition) is 3. The topological polar surface area (TPSA) is 59.4 Å². The zero-order valence-electron chi connectivity index (χ0n) is 9.36. The van der Waals surface area contributed by atoms with Crippen molar-refractivity contribution in [3.05, 3.63) is 22.3 Å². The summed E-state index contributed by atoms with van der Waals surface area (Å²) >= 11 is 3.19. The van der Waals surface area contributed by atoms with Gasteiger partial charge >= 0.3 is 5.97 Å². The van der Waals surface area contributed by atoms with Crippen LogP contribution < -0.4 is 4.74 Å². The number of aromatic carboxylic acids is 1. The summed E-state index contributed by atoms with van der Waals surface area (Å²) in [4.78, 5) is 15.0. The number of rotatable bonds is 5. The lowest BCUT2D eigenvalue weighted by Gasteiger charge is -2.24. The molecule has 92 valence electrons. The Bertz CT molecular complexity index is 418. The van der Waals surface area contributed by atoms with Gasteiger partial charge in [0.15, 0.2) is 0 Å². The molecule has 1 fully saturated rings. The summed E-state index contributed by atoms with van der Waals surface area (Å²) in [5, 5.41) is 9.02. The Morgan fingerprint density at radius 2 is 2.35 bits per heavy atom. The number of halogens is 1. The minimum absolute atomic E-state index is 0.105. The van der Waals surface area contributed by atoms with Crippen LogP contribution in [0.1, 0.15) is 36.0 Å². The van der Waals surface area contributed by atoms with E-state index in [0.717, 1.165) is 12.3 Å². The van der Waals surface area contributed by atoms with Crippen LogP contribution in [-0.2, 0) is 0 Å². The Balaban J connectivity index is 1.96. The average molecular weight is 300 g/mol. The molecule has 1 aliphatic rings. The summed E-state index contributed by atoms with van der Waals surface area (Å²) in [7, 11) is 0. The second kappa shape index (κ2) is 5.49. The first kappa shape index (κ1) is 12.4. The van der Waals surface area contributed by atoms with Gasteiger partial charge in [0.2, 0.25) is 5.88 Å². The van der Waals surface area contributed by atoms with Gasteiger partial charge in [-0.1, -0.05) is 19.3 Å². The molecule has 0 unspecified atom stereocenters. The van der Waals surface area contributed by atoms with Crippen molar-refractivity contribution in [2.75, 3.05) is 6.61 Å². The number of ether oxygens (including phenoxy) is 1. The van der Waals surface area contributed by atoms with Crippen LogP contribution in [0, 0.1) is 5.92 Å². The van der Waals surface area contributed by atoms with Crippen molar-refractivity contribution in [2.24, 2.45) is 5.92 Å². The Morgan fingerprint density at radius 3 is 2.94 bits per heavy atom. The van der Waals surface area contributed by atoms with Crippen molar-refractivity contribution in [3.63, 3.8) is 0 Å². The summed E-state index contributed by atoms with van der Waals surface area (Å²) in [6.45, 7) is 0.541. The van der Waals surface area contributed by atoms with Gasteiger partial charge in [-0.3, -0.25) is 0 Å². The summed E-state index contributed by atoms with van der Waals surface area (Å²) in [5.41, 5.74) is 0.105. The third-order valence-corrected chi connectivity index (χ3v) is 3.47. The molecular weight excluding hydrogens is 286 g/mol. The van der Waals surface area contributed by atoms with Gasteiger partial charge < -0.3 is 9.84 Å². The van der Waals surface area contributed by atoms with Crippen molar-refractivity contribution in [1.29, 1.82) is 0 Å². The van der Waals surface area contributed by atoms with Crippen molar-refractivity contribution < 1.29 is 14.6 Å². The second-order valence-corrected chi connectivity index (χ2v) is 5.16. The Kier molecular flexibility index (Phi) is 3.99. The average Bonchev–Trinajstić information content (AvgIpc) is 2.23. The van der Waals surface area contributed by atoms with E-state index in [1.807, 2.05) is 0 Å². The first-order chi connectivity index (χ1) is 8.16. The molecule has 0 spiro atoms. The third kappa shape index (κ3) is 3.19. The fraction of sp³-hybridized carbons (Fsp3) is 0.500. The van der Waals surface area contributed by atoms with Crippen molar-refractivity contribution >= 4 is 21.9 Å². The molecule has 1 aromatic rings. The van der Waals surface area contributed by atoms with E-state index >= 15 is 0 Å². The Labute approximate surface area is 108 Å². The number of carbonyl (C=O) groups is 1. The molecule has 0 amide bonds. The summed E-state index contributed by atoms with van der Waals surface area (Å²) in [6, 6.07) is 1.51. The number of hydrogen-bond donors (Lipinski definition) is 1. The molecule has 2 rings (SSSR count). The number of aromatic nitrogens is 1. The predicted octanol–water partition coefficient (Wildman–Crippen LogP) is 3.11. The van der Waals surface area contributed by atoms with E-state index in [-0.39, 0.29) is 11.4 Å². The van der Waals surface area contributed by atoms with Gasteiger partial charge in [-0.15, -0.1) is 0 Å². The highest BCUT2D eigenvalue weighted by molar-refractivity contribution is 9.10. The van der Waals surface area contributed by atoms with Crippen LogP contribution in [0.25, 0.3) is 0 Å². The zero-order chi connectivity index (χ0) is 12.3. The summed E-state index contributed by atoms with van der Waals surface area (Å²) < 4.78 is 6.09. The third-order valence-electron chi connectivity index (χ3n) is 3.04. The van der Waals surface area contributed by atoms with Crippen LogP contribution in [0.4, 0.5) is 0 Å². The first-order valence-corrected chi connectivity index (χ1v) is 6.48. The molecule has 0 aromatic carbocycles. The molecule has 0 radical (unpaired) electrons. The van der Waals surface area contributed by atoms with E-state index < -0.39 is 5.97 Å². The van der Waals surface area contributed by atoms with E-state index in [9.17, 15) is 4.79 Å². The molecule has 17 heavy (non-hydrogen) atoms. The molecule has 0 saturated heterocycles. The van der Waals surface area contributed by atoms with Gasteiger partial charge in [0.05, 0.1) is 6.61 Å². The van der Waals surface area contributed by atoms with Gasteiger partial charge in [0.1, 0.15) is 5.56 Å². The maximum Gasteiger partial charge on any atom is 0.341 e. The molecule has 1 saturated carbocycles. The molecule has 0 bridgehead atoms. The number of pyridine rings is 1. The van der Waals surface area contributed by atoms with Gasteiger partial charge in [-0.2, -0.15) is 0 Å². The maximum atomic E-state index is 11.0. The van der Waals surface area contributed by atoms with E-state index in [1.165, 1.54) is 25.3 Å². The minimum atomic E-state index is -1.02. The van der Waals surface area contributed by atoms with Crippen LogP contribution in [0.3, 0.4) is 0 Å². The standard InChI is InChI=1S/C12H14BrNO3/c13-9-6-10(12(15)16)11(14-7-9)17-5-4-8-2-1-3-8/h6-8H,1-5H2,(H,15,16). The van der Waals surface area contributed by atoms with Crippen LogP contribution in [0.5, 0.6) is 5.88 Å². The smallest absolute Gasteiger partial charge is 0.341 e. The van der Waals surface area contributed by atoms with Gasteiger partial charge in [0.25, 0.3) is 0 Å². The molecule has 1 N–H and O–H groups in total. The highest BCUT2D eigenvalue weighted by Gasteiger charge is 2.18. The largest absolute Gasteiger partial charge is 0.477 e. The monoisotopic (exact) mass is 299 g/mol. The molecule has 5 heteroatoms. The number of nitrogens with zero attached hydrogens (tertiary/aromatic N) is 1. The molecule has 1 heterocycles. The van der Waals surface area contributed by atoms with Crippen LogP contribution >= 0.6 is 15.9 Å². The molecule has 0 aliphatic heterocycles. The normalized spacial score (nSPS) is 15.4. The second-order valence-electron chi connectivity index (χ2n) is 4.25. The quantitative estimate of drug-likeness (QED) is 0.907. The van der Waals surface area contributed by atoms with Crippen molar-refractivity contribution in [2.45, 2.75) is 25.7 Å². The molecule has 1 aliphatic carbocycles. The van der Waals surface area contributed by atoms with Gasteiger partial charge in [-0.05, 0) is 34.3 Å². The molecule has 4 nitrogen and oxygen atoms in total. The zero-order valence-corrected chi connectivity index (χ0v) is 10.9. The SMILES string of the molecule is O=C(O)c1cc(Br)cnc1OCCC1CCC1. The fourth-order valence-electron chi connectivity index (χ4n) is 1.80. The van der Waals surface area contributed by atoms with Crippen molar-refractivity contribution in [3.8, 4) is 5.88 Å². The first-order valence-electron chi connectivity index (χ1n) is 5.68. The van der Waals surface area contributed by atoms with E-state index in [0.29, 0.717) is 11.1 Å². The molecule has 0 atom stereocenters. The van der Waals surface area contributed by atoms with Gasteiger partial charge in [-0.25, -0.2) is 9.78 Å². The Morgan fingerprint density at radius 1 is 1.59 bits per heavy atom. The summed E-state index contributed by atoms with van der Waals surface area (Å²) in [5.74, 6) is -0.0591. The molecule has 1 aromatic heterocycles. The fourth-order valence-corrected chi connectivity index (χ4v) is 2.13. The predicted molar refractivity (Wildman–Crippen MR) is 66.3 cm³/mol. The lowest BCUT2D eigenvalue weighted by Crippen LogP contribution is -2.15. The number of carboxylic acids is 1. The van der Waals surface area contributed by atoms with Crippen LogP contribution in [0.15, 0.2) is 16.7 Å². The highest BCUT2D eigenvalue weighted by atomic mass is 79.9. The van der Waals surface area contributed by atoms with E-state index in [4.69, 9.17) is 9.84 Å². The highest BCUT2D eigenvalue weighted by Crippen LogP contribution is 2.29. The minimum Gasteiger partial charge on any atom is -0.477 e. The van der Waals surface area contributed by atoms with Gasteiger partial charge in [0, 0.05) is 10.7 Å². The lowest BCUT2D eigenvalue weighted by molar-refractivity contribution is 0.0690. The van der Waals surface area contributed by atoms with Crippen molar-refractivity contribution in [1.82, 2.24) is 4.98 Å². The number of carboxylic acid groups (broad SMARTS) is 1. The van der Waals surface area contributed by atoms with E-state index in [1.54, 1.807) is 6.20 Å². The van der Waals surface area contributed by atoms with E-state index in [2.05, 4.69) is 20.9 Å². The lowest BCUT2D eigenvalue weighted by atomic mass is 9.83. The molecular formula is C12H14BrNO3. The van der Waals surface area contributed by atoms with Crippen LogP contribution in [0.2, 0.25) is 0 Å². The Hall–Kier alpha value is -1.10. The summed E-state index contributed by atoms with van der Waals surface area (Å²) in [6.07, 6.45) is 6.37. The van der Waals surface area contributed by atoms with Crippen LogP contribution in [-0.4, -0.2) is 22.7 Å². The maximum absolute atomic E-state index is 11.0.